The van der Waals surface area contributed by atoms with Gasteiger partial charge in [-0.15, -0.1) is 0 Å². The highest BCUT2D eigenvalue weighted by atomic mass is 35.5. The van der Waals surface area contributed by atoms with Gasteiger partial charge < -0.3 is 0 Å². The Kier molecular flexibility index (Phi) is 5.23. The number of halogens is 2. The molecule has 1 atom stereocenters. The fraction of sp³-hybridized carbons (Fsp3) is 0.538. The molecule has 16 heavy (non-hydrogen) atoms. The van der Waals surface area contributed by atoms with Crippen molar-refractivity contribution >= 4 is 11.6 Å². The molecule has 0 N–H and O–H groups in total. The molecule has 90 valence electrons. The van der Waals surface area contributed by atoms with Crippen LogP contribution in [0, 0.1) is 5.82 Å². The lowest BCUT2D eigenvalue weighted by Crippen LogP contribution is -2.17. The average molecular weight is 244 g/mol. The lowest BCUT2D eigenvalue weighted by atomic mass is 10.0. The third-order valence-electron chi connectivity index (χ3n) is 2.84. The van der Waals surface area contributed by atoms with Gasteiger partial charge in [0.15, 0.2) is 0 Å². The van der Waals surface area contributed by atoms with Gasteiger partial charge >= 0.3 is 0 Å². The third-order valence-corrected chi connectivity index (χ3v) is 3.18. The second-order valence-electron chi connectivity index (χ2n) is 3.80. The average Bonchev–Trinajstić information content (AvgIpc) is 2.71. The number of likely N-dealkylation sites (tertiary alicyclic amines) is 1. The third kappa shape index (κ3) is 2.96. The Hall–Kier alpha value is -0.600. The Morgan fingerprint density at radius 3 is 2.62 bits per heavy atom. The molecular weight excluding hydrogens is 225 g/mol. The highest BCUT2D eigenvalue weighted by molar-refractivity contribution is 6.31. The van der Waals surface area contributed by atoms with Crippen molar-refractivity contribution in [3.05, 3.63) is 34.6 Å². The van der Waals surface area contributed by atoms with Crippen LogP contribution in [0.15, 0.2) is 18.2 Å². The number of benzene rings is 1. The van der Waals surface area contributed by atoms with Crippen LogP contribution in [-0.2, 0) is 0 Å². The molecule has 1 aliphatic rings. The summed E-state index contributed by atoms with van der Waals surface area (Å²) in [4.78, 5) is 2.22. The molecular formula is C13H19ClFN. The molecule has 0 aliphatic carbocycles. The Morgan fingerprint density at radius 1 is 1.38 bits per heavy atom. The molecule has 3 heteroatoms. The van der Waals surface area contributed by atoms with Crippen molar-refractivity contribution in [2.75, 3.05) is 13.6 Å². The van der Waals surface area contributed by atoms with E-state index in [1.165, 1.54) is 6.07 Å². The first-order valence-electron chi connectivity index (χ1n) is 5.83. The molecule has 0 radical (unpaired) electrons. The van der Waals surface area contributed by atoms with Crippen molar-refractivity contribution < 1.29 is 4.39 Å². The SMILES string of the molecule is CC.CN1CCCC1c1cc(F)ccc1Cl. The Morgan fingerprint density at radius 2 is 2.06 bits per heavy atom. The number of nitrogens with zero attached hydrogens (tertiary/aromatic N) is 1. The Labute approximate surface area is 102 Å². The van der Waals surface area contributed by atoms with E-state index in [0.717, 1.165) is 24.9 Å². The van der Waals surface area contributed by atoms with Crippen LogP contribution in [0.2, 0.25) is 5.02 Å². The monoisotopic (exact) mass is 243 g/mol. The molecule has 2 rings (SSSR count). The van der Waals surface area contributed by atoms with Crippen LogP contribution in [0.1, 0.15) is 38.3 Å². The minimum atomic E-state index is -0.204. The lowest BCUT2D eigenvalue weighted by Gasteiger charge is -2.20. The van der Waals surface area contributed by atoms with Crippen molar-refractivity contribution in [1.29, 1.82) is 0 Å². The van der Waals surface area contributed by atoms with Crippen molar-refractivity contribution in [3.63, 3.8) is 0 Å². The summed E-state index contributed by atoms with van der Waals surface area (Å²) >= 11 is 6.05. The smallest absolute Gasteiger partial charge is 0.123 e. The van der Waals surface area contributed by atoms with Gasteiger partial charge in [0.2, 0.25) is 0 Å². The first-order chi connectivity index (χ1) is 7.68. The van der Waals surface area contributed by atoms with Gasteiger partial charge in [0.1, 0.15) is 5.82 Å². The van der Waals surface area contributed by atoms with Gasteiger partial charge in [0.25, 0.3) is 0 Å². The zero-order valence-electron chi connectivity index (χ0n) is 10.1. The van der Waals surface area contributed by atoms with E-state index in [4.69, 9.17) is 11.6 Å². The van der Waals surface area contributed by atoms with Crippen LogP contribution in [-0.4, -0.2) is 18.5 Å². The standard InChI is InChI=1S/C11H13ClFN.C2H6/c1-14-6-2-3-11(14)9-7-8(13)4-5-10(9)12;1-2/h4-5,7,11H,2-3,6H2,1H3;1-2H3. The molecule has 1 aromatic rings. The van der Waals surface area contributed by atoms with E-state index in [0.29, 0.717) is 5.02 Å². The Balaban J connectivity index is 0.000000606. The number of hydrogen-bond donors (Lipinski definition) is 0. The highest BCUT2D eigenvalue weighted by Gasteiger charge is 2.24. The summed E-state index contributed by atoms with van der Waals surface area (Å²) in [6.45, 7) is 5.07. The van der Waals surface area contributed by atoms with Gasteiger partial charge in [-0.3, -0.25) is 4.90 Å². The molecule has 0 bridgehead atoms. The number of rotatable bonds is 1. The minimum Gasteiger partial charge on any atom is -0.299 e. The summed E-state index contributed by atoms with van der Waals surface area (Å²) in [5.41, 5.74) is 0.923. The minimum absolute atomic E-state index is 0.204. The second-order valence-corrected chi connectivity index (χ2v) is 4.21. The van der Waals surface area contributed by atoms with E-state index in [9.17, 15) is 4.39 Å². The van der Waals surface area contributed by atoms with Crippen molar-refractivity contribution in [2.24, 2.45) is 0 Å². The van der Waals surface area contributed by atoms with E-state index in [-0.39, 0.29) is 11.9 Å². The zero-order valence-corrected chi connectivity index (χ0v) is 10.9. The summed E-state index contributed by atoms with van der Waals surface area (Å²) in [7, 11) is 2.05. The molecule has 1 unspecified atom stereocenters. The summed E-state index contributed by atoms with van der Waals surface area (Å²) in [5, 5.41) is 0.671. The van der Waals surface area contributed by atoms with E-state index in [1.807, 2.05) is 13.8 Å². The van der Waals surface area contributed by atoms with Crippen LogP contribution in [0.3, 0.4) is 0 Å². The van der Waals surface area contributed by atoms with Crippen molar-refractivity contribution in [1.82, 2.24) is 4.90 Å². The van der Waals surface area contributed by atoms with Gasteiger partial charge in [-0.1, -0.05) is 25.4 Å². The van der Waals surface area contributed by atoms with E-state index in [2.05, 4.69) is 11.9 Å². The summed E-state index contributed by atoms with van der Waals surface area (Å²) < 4.78 is 13.1. The first kappa shape index (κ1) is 13.5. The normalized spacial score (nSPS) is 20.4. The molecule has 1 heterocycles. The molecule has 0 aromatic heterocycles. The molecule has 0 saturated carbocycles. The van der Waals surface area contributed by atoms with Gasteiger partial charge in [-0.25, -0.2) is 4.39 Å². The van der Waals surface area contributed by atoms with Gasteiger partial charge in [0.05, 0.1) is 0 Å². The maximum atomic E-state index is 13.1. The molecule has 1 aliphatic heterocycles. The predicted molar refractivity (Wildman–Crippen MR) is 67.4 cm³/mol. The van der Waals surface area contributed by atoms with E-state index >= 15 is 0 Å². The largest absolute Gasteiger partial charge is 0.299 e. The zero-order chi connectivity index (χ0) is 12.1. The topological polar surface area (TPSA) is 3.24 Å². The van der Waals surface area contributed by atoms with Crippen molar-refractivity contribution in [3.8, 4) is 0 Å². The lowest BCUT2D eigenvalue weighted by molar-refractivity contribution is 0.317. The molecule has 1 saturated heterocycles. The van der Waals surface area contributed by atoms with Crippen LogP contribution < -0.4 is 0 Å². The Bertz CT molecular complexity index is 341. The second kappa shape index (κ2) is 6.21. The summed E-state index contributed by atoms with van der Waals surface area (Å²) in [6, 6.07) is 4.88. The van der Waals surface area contributed by atoms with Crippen LogP contribution in [0.4, 0.5) is 4.39 Å². The van der Waals surface area contributed by atoms with Crippen LogP contribution >= 0.6 is 11.6 Å². The quantitative estimate of drug-likeness (QED) is 0.712. The van der Waals surface area contributed by atoms with Crippen LogP contribution in [0.5, 0.6) is 0 Å². The maximum absolute atomic E-state index is 13.1. The summed E-state index contributed by atoms with van der Waals surface area (Å²) in [5.74, 6) is -0.204. The number of hydrogen-bond acceptors (Lipinski definition) is 1. The fourth-order valence-corrected chi connectivity index (χ4v) is 2.32. The van der Waals surface area contributed by atoms with Crippen molar-refractivity contribution in [2.45, 2.75) is 32.7 Å². The van der Waals surface area contributed by atoms with E-state index in [1.54, 1.807) is 12.1 Å². The maximum Gasteiger partial charge on any atom is 0.123 e. The predicted octanol–water partition coefficient (Wildman–Crippen LogP) is 4.27. The van der Waals surface area contributed by atoms with Gasteiger partial charge in [-0.2, -0.15) is 0 Å². The molecule has 1 nitrogen and oxygen atoms in total. The molecule has 0 amide bonds. The van der Waals surface area contributed by atoms with Crippen LogP contribution in [0.25, 0.3) is 0 Å². The van der Waals surface area contributed by atoms with Gasteiger partial charge in [-0.05, 0) is 50.2 Å². The molecule has 0 spiro atoms. The molecule has 1 fully saturated rings. The first-order valence-corrected chi connectivity index (χ1v) is 6.21. The van der Waals surface area contributed by atoms with E-state index < -0.39 is 0 Å². The fourth-order valence-electron chi connectivity index (χ4n) is 2.07. The highest BCUT2D eigenvalue weighted by Crippen LogP contribution is 2.34. The molecule has 1 aromatic carbocycles. The summed E-state index contributed by atoms with van der Waals surface area (Å²) in [6.07, 6.45) is 2.23. The van der Waals surface area contributed by atoms with Gasteiger partial charge in [0, 0.05) is 11.1 Å².